The van der Waals surface area contributed by atoms with E-state index in [9.17, 15) is 13.2 Å². The summed E-state index contributed by atoms with van der Waals surface area (Å²) >= 11 is 6.61. The molecule has 0 aliphatic rings. The van der Waals surface area contributed by atoms with Crippen molar-refractivity contribution in [2.75, 3.05) is 26.0 Å². The molecule has 0 aliphatic heterocycles. The summed E-state index contributed by atoms with van der Waals surface area (Å²) in [4.78, 5) is 15.8. The number of nitrogens with zero attached hydrogens (tertiary/aromatic N) is 4. The molecule has 49 heavy (non-hydrogen) atoms. The van der Waals surface area contributed by atoms with Gasteiger partial charge in [-0.15, -0.1) is 0 Å². The van der Waals surface area contributed by atoms with Crippen LogP contribution in [-0.2, 0) is 34.1 Å². The Morgan fingerprint density at radius 3 is 2.24 bits per heavy atom. The van der Waals surface area contributed by atoms with E-state index >= 15 is 0 Å². The Kier molecular flexibility index (Phi) is 10.7. The predicted octanol–water partition coefficient (Wildman–Crippen LogP) is 6.09. The maximum Gasteiger partial charge on any atom is 0.337 e. The molecule has 0 fully saturated rings. The number of sulfonamides is 1. The predicted molar refractivity (Wildman–Crippen MR) is 190 cm³/mol. The van der Waals surface area contributed by atoms with E-state index in [1.807, 2.05) is 54.6 Å². The number of halogens is 1. The summed E-state index contributed by atoms with van der Waals surface area (Å²) in [5, 5.41) is 5.58. The number of carbonyl (C=O) groups is 1. The number of hydrogen-bond acceptors (Lipinski definition) is 7. The highest BCUT2D eigenvalue weighted by molar-refractivity contribution is 7.89. The van der Waals surface area contributed by atoms with Crippen molar-refractivity contribution in [3.8, 4) is 5.75 Å². The highest BCUT2D eigenvalue weighted by atomic mass is 35.5. The van der Waals surface area contributed by atoms with Gasteiger partial charge in [-0.25, -0.2) is 22.9 Å². The standard InChI is InChI=1S/C37H36ClN5O5S/c1-47-37(44)29-12-15-31(16-13-29)48-22-19-32-33-24-30(38)14-17-34(33)43(36(27-8-4-2-5-9-27)28-10-6-3-7-11-28)35(32)18-20-41-49(45,46)23-21-42-26-39-25-40-42/h2-17,24-26,36,41H,18-23H2,1H3. The van der Waals surface area contributed by atoms with Gasteiger partial charge in [-0.2, -0.15) is 5.10 Å². The molecule has 12 heteroatoms. The number of carbonyl (C=O) groups excluding carboxylic acids is 1. The van der Waals surface area contributed by atoms with Crippen molar-refractivity contribution >= 4 is 38.5 Å². The third kappa shape index (κ3) is 8.19. The molecule has 6 rings (SSSR count). The van der Waals surface area contributed by atoms with E-state index in [4.69, 9.17) is 21.1 Å². The first kappa shape index (κ1) is 33.9. The van der Waals surface area contributed by atoms with E-state index in [0.717, 1.165) is 33.3 Å². The fourth-order valence-corrected chi connectivity index (χ4v) is 7.20. The van der Waals surface area contributed by atoms with Gasteiger partial charge in [0.1, 0.15) is 18.4 Å². The molecule has 0 saturated carbocycles. The summed E-state index contributed by atoms with van der Waals surface area (Å²) in [5.41, 5.74) is 5.57. The molecular weight excluding hydrogens is 662 g/mol. The maximum absolute atomic E-state index is 13.0. The van der Waals surface area contributed by atoms with E-state index in [-0.39, 0.29) is 24.9 Å². The first-order valence-electron chi connectivity index (χ1n) is 15.8. The van der Waals surface area contributed by atoms with Crippen LogP contribution in [0.4, 0.5) is 0 Å². The minimum absolute atomic E-state index is 0.124. The number of benzene rings is 4. The Morgan fingerprint density at radius 1 is 0.918 bits per heavy atom. The summed E-state index contributed by atoms with van der Waals surface area (Å²) in [6.07, 6.45) is 3.80. The summed E-state index contributed by atoms with van der Waals surface area (Å²) in [7, 11) is -2.26. The minimum Gasteiger partial charge on any atom is -0.493 e. The lowest BCUT2D eigenvalue weighted by Crippen LogP contribution is -2.31. The van der Waals surface area contributed by atoms with Gasteiger partial charge in [0.15, 0.2) is 0 Å². The molecule has 2 heterocycles. The van der Waals surface area contributed by atoms with Crippen LogP contribution in [0.15, 0.2) is 116 Å². The molecule has 0 bridgehead atoms. The number of fused-ring (bicyclic) bond motifs is 1. The number of aryl methyl sites for hydroxylation is 1. The van der Waals surface area contributed by atoms with Crippen molar-refractivity contribution in [2.45, 2.75) is 25.4 Å². The minimum atomic E-state index is -3.61. The van der Waals surface area contributed by atoms with Gasteiger partial charge in [-0.1, -0.05) is 72.3 Å². The first-order chi connectivity index (χ1) is 23.8. The second-order valence-electron chi connectivity index (χ2n) is 11.4. The van der Waals surface area contributed by atoms with Gasteiger partial charge < -0.3 is 14.0 Å². The number of esters is 1. The average Bonchev–Trinajstić information content (AvgIpc) is 3.75. The zero-order valence-corrected chi connectivity index (χ0v) is 28.5. The molecular formula is C37H36ClN5O5S. The molecule has 4 aromatic carbocycles. The monoisotopic (exact) mass is 697 g/mol. The van der Waals surface area contributed by atoms with E-state index in [1.54, 1.807) is 24.3 Å². The lowest BCUT2D eigenvalue weighted by Gasteiger charge is -2.25. The van der Waals surface area contributed by atoms with Crippen LogP contribution in [0.3, 0.4) is 0 Å². The molecule has 1 N–H and O–H groups in total. The lowest BCUT2D eigenvalue weighted by molar-refractivity contribution is 0.0600. The van der Waals surface area contributed by atoms with Gasteiger partial charge in [0.05, 0.1) is 37.6 Å². The lowest BCUT2D eigenvalue weighted by atomic mass is 9.97. The van der Waals surface area contributed by atoms with Crippen LogP contribution in [0.2, 0.25) is 5.02 Å². The molecule has 0 radical (unpaired) electrons. The van der Waals surface area contributed by atoms with Crippen LogP contribution in [0.25, 0.3) is 10.9 Å². The van der Waals surface area contributed by atoms with Gasteiger partial charge in [0.25, 0.3) is 0 Å². The normalized spacial score (nSPS) is 11.7. The van der Waals surface area contributed by atoms with E-state index < -0.39 is 16.0 Å². The van der Waals surface area contributed by atoms with Gasteiger partial charge in [-0.3, -0.25) is 4.68 Å². The van der Waals surface area contributed by atoms with Crippen molar-refractivity contribution in [3.63, 3.8) is 0 Å². The van der Waals surface area contributed by atoms with Crippen molar-refractivity contribution in [3.05, 3.63) is 149 Å². The molecule has 0 spiro atoms. The third-order valence-electron chi connectivity index (χ3n) is 8.31. The molecule has 0 amide bonds. The van der Waals surface area contributed by atoms with Crippen molar-refractivity contribution < 1.29 is 22.7 Å². The second kappa shape index (κ2) is 15.5. The van der Waals surface area contributed by atoms with E-state index in [0.29, 0.717) is 35.8 Å². The van der Waals surface area contributed by atoms with Crippen LogP contribution in [0.5, 0.6) is 5.75 Å². The Labute approximate surface area is 290 Å². The molecule has 2 aromatic heterocycles. The summed E-state index contributed by atoms with van der Waals surface area (Å²) in [5.74, 6) is 0.0741. The zero-order valence-electron chi connectivity index (χ0n) is 26.9. The van der Waals surface area contributed by atoms with Crippen LogP contribution < -0.4 is 9.46 Å². The topological polar surface area (TPSA) is 117 Å². The third-order valence-corrected chi connectivity index (χ3v) is 9.91. The summed E-state index contributed by atoms with van der Waals surface area (Å²) in [6.45, 7) is 0.714. The molecule has 10 nitrogen and oxygen atoms in total. The molecule has 6 aromatic rings. The molecule has 0 aliphatic carbocycles. The molecule has 0 unspecified atom stereocenters. The van der Waals surface area contributed by atoms with Crippen molar-refractivity contribution in [1.29, 1.82) is 0 Å². The number of nitrogens with one attached hydrogen (secondary N) is 1. The SMILES string of the molecule is COC(=O)c1ccc(OCCc2c(CCNS(=O)(=O)CCn3cncn3)n(C(c3ccccc3)c3ccccc3)c3ccc(Cl)cc23)cc1. The van der Waals surface area contributed by atoms with Crippen molar-refractivity contribution in [1.82, 2.24) is 24.1 Å². The van der Waals surface area contributed by atoms with Crippen LogP contribution in [0.1, 0.15) is 38.8 Å². The number of hydrogen-bond donors (Lipinski definition) is 1. The number of ether oxygens (including phenoxy) is 2. The highest BCUT2D eigenvalue weighted by Gasteiger charge is 2.26. The fourth-order valence-electron chi connectivity index (χ4n) is 6.05. The van der Waals surface area contributed by atoms with Crippen LogP contribution >= 0.6 is 11.6 Å². The largest absolute Gasteiger partial charge is 0.493 e. The number of methoxy groups -OCH3 is 1. The van der Waals surface area contributed by atoms with Gasteiger partial charge >= 0.3 is 5.97 Å². The summed E-state index contributed by atoms with van der Waals surface area (Å²) < 4.78 is 43.7. The summed E-state index contributed by atoms with van der Waals surface area (Å²) in [6, 6.07) is 33.0. The molecule has 0 atom stereocenters. The van der Waals surface area contributed by atoms with Gasteiger partial charge in [0.2, 0.25) is 10.0 Å². The Morgan fingerprint density at radius 2 is 1.61 bits per heavy atom. The average molecular weight is 698 g/mol. The van der Waals surface area contributed by atoms with E-state index in [1.165, 1.54) is 24.4 Å². The van der Waals surface area contributed by atoms with Crippen LogP contribution in [-0.4, -0.2) is 59.7 Å². The second-order valence-corrected chi connectivity index (χ2v) is 13.8. The molecule has 252 valence electrons. The Balaban J connectivity index is 1.37. The number of aromatic nitrogens is 4. The van der Waals surface area contributed by atoms with Crippen LogP contribution in [0, 0.1) is 0 Å². The fraction of sp³-hybridized carbons (Fsp3) is 0.216. The highest BCUT2D eigenvalue weighted by Crippen LogP contribution is 2.37. The first-order valence-corrected chi connectivity index (χ1v) is 17.9. The Bertz CT molecular complexity index is 2060. The molecule has 0 saturated heterocycles. The number of rotatable bonds is 15. The quantitative estimate of drug-likeness (QED) is 0.129. The zero-order chi connectivity index (χ0) is 34.2. The van der Waals surface area contributed by atoms with Gasteiger partial charge in [-0.05, 0) is 59.2 Å². The maximum atomic E-state index is 13.0. The Hall–Kier alpha value is -4.97. The van der Waals surface area contributed by atoms with E-state index in [2.05, 4.69) is 43.6 Å². The van der Waals surface area contributed by atoms with Crippen molar-refractivity contribution in [2.24, 2.45) is 0 Å². The smallest absolute Gasteiger partial charge is 0.337 e. The van der Waals surface area contributed by atoms with Gasteiger partial charge in [0, 0.05) is 41.0 Å².